The molecule has 1 saturated heterocycles. The van der Waals surface area contributed by atoms with Crippen LogP contribution in [0.3, 0.4) is 0 Å². The first-order chi connectivity index (χ1) is 30.2. The molecule has 14 nitrogen and oxygen atoms in total. The number of imidazole rings is 1. The first-order valence-electron chi connectivity index (χ1n) is 21.0. The number of halogens is 4. The third kappa shape index (κ3) is 5.97. The van der Waals surface area contributed by atoms with Crippen LogP contribution in [-0.2, 0) is 28.5 Å². The van der Waals surface area contributed by atoms with Gasteiger partial charge in [0.1, 0.15) is 5.82 Å². The van der Waals surface area contributed by atoms with Crippen LogP contribution in [0.1, 0.15) is 91.2 Å². The maximum Gasteiger partial charge on any atom is 0.338 e. The van der Waals surface area contributed by atoms with Crippen molar-refractivity contribution in [3.8, 4) is 17.2 Å². The molecule has 2 fully saturated rings. The second kappa shape index (κ2) is 13.9. The number of amides is 1. The van der Waals surface area contributed by atoms with Crippen molar-refractivity contribution in [1.82, 2.24) is 43.3 Å². The van der Waals surface area contributed by atoms with Crippen molar-refractivity contribution in [3.05, 3.63) is 129 Å². The van der Waals surface area contributed by atoms with Gasteiger partial charge in [0, 0.05) is 74.7 Å². The minimum Gasteiger partial charge on any atom is -0.376 e. The highest BCUT2D eigenvalue weighted by atomic mass is 19.2. The van der Waals surface area contributed by atoms with Crippen LogP contribution < -0.4 is 11.0 Å². The third-order valence-corrected chi connectivity index (χ3v) is 13.4. The van der Waals surface area contributed by atoms with E-state index in [2.05, 4.69) is 47.7 Å². The van der Waals surface area contributed by atoms with Crippen LogP contribution >= 0.6 is 0 Å². The van der Waals surface area contributed by atoms with Crippen LogP contribution in [0.5, 0.6) is 0 Å². The molecule has 8 heterocycles. The highest BCUT2D eigenvalue weighted by molar-refractivity contribution is 6.05. The highest BCUT2D eigenvalue weighted by Crippen LogP contribution is 2.53. The quantitative estimate of drug-likeness (QED) is 0.137. The summed E-state index contributed by atoms with van der Waals surface area (Å²) >= 11 is 0. The molecule has 0 radical (unpaired) electrons. The molecule has 1 N–H and O–H groups in total. The Morgan fingerprint density at radius 1 is 0.968 bits per heavy atom. The number of hydrogen-bond donors (Lipinski definition) is 1. The lowest BCUT2D eigenvalue weighted by Gasteiger charge is -2.35. The number of aromatic nitrogens is 7. The van der Waals surface area contributed by atoms with Crippen molar-refractivity contribution >= 4 is 28.2 Å². The van der Waals surface area contributed by atoms with E-state index in [-0.39, 0.29) is 59.7 Å². The molecule has 1 amide bonds. The monoisotopic (exact) mass is 862 g/mol. The van der Waals surface area contributed by atoms with Crippen molar-refractivity contribution in [2.45, 2.75) is 75.9 Å². The van der Waals surface area contributed by atoms with Gasteiger partial charge in [-0.05, 0) is 76.1 Å². The lowest BCUT2D eigenvalue weighted by molar-refractivity contribution is -0.0593. The fourth-order valence-electron chi connectivity index (χ4n) is 10.1. The van der Waals surface area contributed by atoms with Gasteiger partial charge in [-0.2, -0.15) is 10.2 Å². The first-order valence-corrected chi connectivity index (χ1v) is 21.0. The van der Waals surface area contributed by atoms with Gasteiger partial charge in [-0.3, -0.25) is 18.6 Å². The standard InChI is InChI=1S/C45H42F4N10O4/c1-24-36-32(52-59(27-17-30(46)39(49)31(47)18-27)40(36)58-15-14-57(43(58)61)35-8-7-33-28(38(35)48)20-51-54(33)4)9-13-56(24)41(60)29-22-55-21-26(25-10-16-62-44(2,3)19-25)5-6-34(55)37(29)45(11-12-45)42-50-23-63-53-42/h5-8,14-15,17-18,20-22,24-25H,9-13,16,19,23H2,1-4H3,(H,50,53)/t24-,25+/m0/s1. The fraction of sp³-hybridized carbons (Fsp3) is 0.356. The molecule has 18 heteroatoms. The fourth-order valence-corrected chi connectivity index (χ4v) is 10.1. The number of rotatable bonds is 7. The average molecular weight is 863 g/mol. The van der Waals surface area contributed by atoms with Crippen molar-refractivity contribution in [2.75, 3.05) is 19.9 Å². The number of hydrogen-bond acceptors (Lipinski definition) is 8. The number of nitrogens with zero attached hydrogens (tertiary/aromatic N) is 9. The second-order valence-corrected chi connectivity index (χ2v) is 17.6. The molecule has 0 unspecified atom stereocenters. The minimum atomic E-state index is -1.66. The van der Waals surface area contributed by atoms with Gasteiger partial charge in [-0.15, -0.1) is 0 Å². The van der Waals surface area contributed by atoms with Gasteiger partial charge in [-0.1, -0.05) is 11.2 Å². The minimum absolute atomic E-state index is 0.0543. The highest BCUT2D eigenvalue weighted by Gasteiger charge is 2.54. The van der Waals surface area contributed by atoms with Crippen LogP contribution in [0.25, 0.3) is 33.6 Å². The van der Waals surface area contributed by atoms with Crippen molar-refractivity contribution in [1.29, 1.82) is 0 Å². The smallest absolute Gasteiger partial charge is 0.338 e. The number of nitrogens with one attached hydrogen (secondary N) is 1. The summed E-state index contributed by atoms with van der Waals surface area (Å²) in [6.07, 6.45) is 11.5. The molecule has 1 aliphatic carbocycles. The Morgan fingerprint density at radius 3 is 2.46 bits per heavy atom. The second-order valence-electron chi connectivity index (χ2n) is 17.6. The summed E-state index contributed by atoms with van der Waals surface area (Å²) < 4.78 is 73.2. The number of benzene rings is 2. The van der Waals surface area contributed by atoms with Crippen molar-refractivity contribution in [2.24, 2.45) is 12.2 Å². The molecular weight excluding hydrogens is 821 g/mol. The van der Waals surface area contributed by atoms with E-state index in [9.17, 15) is 18.0 Å². The number of oxime groups is 1. The van der Waals surface area contributed by atoms with Gasteiger partial charge in [0.15, 0.2) is 35.8 Å². The van der Waals surface area contributed by atoms with E-state index >= 15 is 9.18 Å². The van der Waals surface area contributed by atoms with Gasteiger partial charge in [0.2, 0.25) is 0 Å². The number of amidine groups is 1. The molecule has 7 aromatic rings. The summed E-state index contributed by atoms with van der Waals surface area (Å²) in [7, 11) is 1.68. The Balaban J connectivity index is 1.04. The SMILES string of the molecule is C[C@H]1c2c(nn(-c3cc(F)c(F)c(F)c3)c2-n2ccn(-c3ccc4c(cnn4C)c3F)c2=O)CCN1C(=O)c1cn2cc([C@@H]3CCOC(C)(C)C3)ccc2c1C1(C2=NOCN2)CC1. The average Bonchev–Trinajstić information content (AvgIpc) is 3.81. The summed E-state index contributed by atoms with van der Waals surface area (Å²) in [6, 6.07) is 8.15. The zero-order valence-corrected chi connectivity index (χ0v) is 34.8. The molecule has 63 heavy (non-hydrogen) atoms. The van der Waals surface area contributed by atoms with Gasteiger partial charge in [0.05, 0.1) is 62.3 Å². The molecule has 324 valence electrons. The molecule has 5 aromatic heterocycles. The van der Waals surface area contributed by atoms with E-state index in [1.165, 1.54) is 38.6 Å². The van der Waals surface area contributed by atoms with Crippen LogP contribution in [0.4, 0.5) is 17.6 Å². The molecule has 2 atom stereocenters. The van der Waals surface area contributed by atoms with Gasteiger partial charge in [0.25, 0.3) is 5.91 Å². The molecule has 1 saturated carbocycles. The first kappa shape index (κ1) is 39.2. The summed E-state index contributed by atoms with van der Waals surface area (Å²) in [4.78, 5) is 36.9. The van der Waals surface area contributed by atoms with Gasteiger partial charge in [-0.25, -0.2) is 27.0 Å². The summed E-state index contributed by atoms with van der Waals surface area (Å²) in [5, 5.41) is 16.7. The Kier molecular flexibility index (Phi) is 8.65. The van der Waals surface area contributed by atoms with Crippen LogP contribution in [0, 0.1) is 23.3 Å². The van der Waals surface area contributed by atoms with Crippen molar-refractivity contribution in [3.63, 3.8) is 0 Å². The van der Waals surface area contributed by atoms with Crippen LogP contribution in [0.2, 0.25) is 0 Å². The zero-order chi connectivity index (χ0) is 43.7. The van der Waals surface area contributed by atoms with E-state index in [1.54, 1.807) is 24.9 Å². The number of pyridine rings is 1. The normalized spacial score (nSPS) is 20.2. The largest absolute Gasteiger partial charge is 0.376 e. The third-order valence-electron chi connectivity index (χ3n) is 13.4. The Morgan fingerprint density at radius 2 is 1.73 bits per heavy atom. The molecule has 2 aromatic carbocycles. The lowest BCUT2D eigenvalue weighted by Crippen LogP contribution is -2.40. The molecule has 11 rings (SSSR count). The van der Waals surface area contributed by atoms with E-state index in [4.69, 9.17) is 14.7 Å². The van der Waals surface area contributed by atoms with Gasteiger partial charge < -0.3 is 24.2 Å². The van der Waals surface area contributed by atoms with E-state index in [0.717, 1.165) is 59.0 Å². The summed E-state index contributed by atoms with van der Waals surface area (Å²) in [5.74, 6) is -4.54. The molecule has 4 aliphatic rings. The van der Waals surface area contributed by atoms with Gasteiger partial charge >= 0.3 is 5.69 Å². The van der Waals surface area contributed by atoms with E-state index in [1.807, 2.05) is 10.6 Å². The maximum atomic E-state index is 16.0. The number of fused-ring (bicyclic) bond motifs is 3. The summed E-state index contributed by atoms with van der Waals surface area (Å²) in [6.45, 7) is 7.09. The van der Waals surface area contributed by atoms with E-state index < -0.39 is 40.4 Å². The zero-order valence-electron chi connectivity index (χ0n) is 34.8. The number of ether oxygens (including phenoxy) is 1. The number of carbonyl (C=O) groups excluding carboxylic acids is 1. The topological polar surface area (TPSA) is 130 Å². The Hall–Kier alpha value is -6.69. The summed E-state index contributed by atoms with van der Waals surface area (Å²) in [5.41, 5.74) is 2.89. The lowest BCUT2D eigenvalue weighted by atomic mass is 9.84. The molecule has 0 spiro atoms. The molecule has 0 bridgehead atoms. The predicted molar refractivity (Wildman–Crippen MR) is 223 cm³/mol. The number of carbonyl (C=O) groups is 1. The maximum absolute atomic E-state index is 16.0. The van der Waals surface area contributed by atoms with Crippen LogP contribution in [-0.4, -0.2) is 75.2 Å². The van der Waals surface area contributed by atoms with Crippen LogP contribution in [0.15, 0.2) is 77.3 Å². The van der Waals surface area contributed by atoms with E-state index in [0.29, 0.717) is 34.8 Å². The number of aryl methyl sites for hydroxylation is 1. The Bertz CT molecular complexity index is 3130. The van der Waals surface area contributed by atoms with Crippen molar-refractivity contribution < 1.29 is 31.9 Å². The predicted octanol–water partition coefficient (Wildman–Crippen LogP) is 6.86. The molecular formula is C45H42F4N10O4. The Labute approximate surface area is 356 Å². The molecule has 3 aliphatic heterocycles.